The van der Waals surface area contributed by atoms with E-state index in [2.05, 4.69) is 25.6 Å². The van der Waals surface area contributed by atoms with Crippen LogP contribution >= 0.6 is 11.3 Å². The summed E-state index contributed by atoms with van der Waals surface area (Å²) >= 11 is 1.59. The van der Waals surface area contributed by atoms with E-state index in [9.17, 15) is 4.79 Å². The zero-order valence-electron chi connectivity index (χ0n) is 13.5. The number of carbonyl (C=O) groups is 1. The Morgan fingerprint density at radius 3 is 2.78 bits per heavy atom. The van der Waals surface area contributed by atoms with Gasteiger partial charge in [0.15, 0.2) is 4.96 Å². The van der Waals surface area contributed by atoms with Gasteiger partial charge >= 0.3 is 0 Å². The zero-order chi connectivity index (χ0) is 16.6. The number of imidazole rings is 1. The van der Waals surface area contributed by atoms with Crippen molar-refractivity contribution in [1.82, 2.24) is 24.7 Å². The van der Waals surface area contributed by atoms with Crippen molar-refractivity contribution in [3.05, 3.63) is 40.4 Å². The van der Waals surface area contributed by atoms with E-state index < -0.39 is 0 Å². The van der Waals surface area contributed by atoms with Crippen molar-refractivity contribution in [2.45, 2.75) is 20.4 Å². The molecule has 1 amide bonds. The number of anilines is 1. The highest BCUT2D eigenvalue weighted by molar-refractivity contribution is 7.15. The molecule has 0 bridgehead atoms. The van der Waals surface area contributed by atoms with Gasteiger partial charge < -0.3 is 10.2 Å². The first kappa shape index (κ1) is 15.4. The Morgan fingerprint density at radius 1 is 1.35 bits per heavy atom. The van der Waals surface area contributed by atoms with Gasteiger partial charge in [0.05, 0.1) is 23.5 Å². The van der Waals surface area contributed by atoms with Crippen molar-refractivity contribution in [2.24, 2.45) is 0 Å². The van der Waals surface area contributed by atoms with Gasteiger partial charge in [-0.3, -0.25) is 9.20 Å². The van der Waals surface area contributed by atoms with Gasteiger partial charge in [0, 0.05) is 37.6 Å². The Morgan fingerprint density at radius 2 is 2.13 bits per heavy atom. The highest BCUT2D eigenvalue weighted by Gasteiger charge is 2.13. The smallest absolute Gasteiger partial charge is 0.255 e. The fraction of sp³-hybridized carbons (Fsp3) is 0.333. The predicted octanol–water partition coefficient (Wildman–Crippen LogP) is 1.80. The average Bonchev–Trinajstić information content (AvgIpc) is 3.06. The predicted molar refractivity (Wildman–Crippen MR) is 90.1 cm³/mol. The number of nitrogens with zero attached hydrogens (tertiary/aromatic N) is 5. The molecule has 0 atom stereocenters. The molecule has 0 aliphatic carbocycles. The van der Waals surface area contributed by atoms with Gasteiger partial charge in [0.2, 0.25) is 5.95 Å². The van der Waals surface area contributed by atoms with Gasteiger partial charge in [-0.25, -0.2) is 15.0 Å². The third-order valence-corrected chi connectivity index (χ3v) is 4.44. The number of rotatable bonds is 4. The van der Waals surface area contributed by atoms with Crippen LogP contribution in [0.25, 0.3) is 4.96 Å². The van der Waals surface area contributed by atoms with Crippen LogP contribution < -0.4 is 10.2 Å². The minimum Gasteiger partial charge on any atom is -0.347 e. The Hall–Kier alpha value is -2.48. The number of hydrogen-bond acceptors (Lipinski definition) is 6. The van der Waals surface area contributed by atoms with E-state index in [1.807, 2.05) is 31.6 Å². The summed E-state index contributed by atoms with van der Waals surface area (Å²) in [6, 6.07) is 0. The Kier molecular flexibility index (Phi) is 3.99. The highest BCUT2D eigenvalue weighted by Crippen LogP contribution is 2.16. The van der Waals surface area contributed by atoms with Crippen LogP contribution in [0.15, 0.2) is 17.8 Å². The largest absolute Gasteiger partial charge is 0.347 e. The summed E-state index contributed by atoms with van der Waals surface area (Å²) < 4.78 is 2.02. The standard InChI is InChI=1S/C15H18N6OS/c1-9-8-23-15-19-11(7-21(9)15)5-16-13(22)12-6-17-14(20(3)4)18-10(12)2/h6-8H,5H2,1-4H3,(H,16,22). The lowest BCUT2D eigenvalue weighted by Crippen LogP contribution is -2.25. The van der Waals surface area contributed by atoms with Crippen LogP contribution in [0, 0.1) is 13.8 Å². The van der Waals surface area contributed by atoms with E-state index in [0.717, 1.165) is 16.3 Å². The van der Waals surface area contributed by atoms with Crippen molar-refractivity contribution in [3.8, 4) is 0 Å². The summed E-state index contributed by atoms with van der Waals surface area (Å²) in [6.07, 6.45) is 3.50. The van der Waals surface area contributed by atoms with Crippen LogP contribution in [-0.4, -0.2) is 39.4 Å². The minimum atomic E-state index is -0.194. The van der Waals surface area contributed by atoms with E-state index in [1.54, 1.807) is 29.4 Å². The molecule has 3 aromatic rings. The van der Waals surface area contributed by atoms with Gasteiger partial charge in [-0.1, -0.05) is 0 Å². The molecule has 3 heterocycles. The van der Waals surface area contributed by atoms with Crippen LogP contribution in [-0.2, 0) is 6.54 Å². The van der Waals surface area contributed by atoms with E-state index >= 15 is 0 Å². The Bertz CT molecular complexity index is 866. The third kappa shape index (κ3) is 3.02. The van der Waals surface area contributed by atoms with Gasteiger partial charge in [0.1, 0.15) is 0 Å². The topological polar surface area (TPSA) is 75.4 Å². The summed E-state index contributed by atoms with van der Waals surface area (Å²) in [4.78, 5) is 28.0. The molecular weight excluding hydrogens is 312 g/mol. The zero-order valence-corrected chi connectivity index (χ0v) is 14.3. The van der Waals surface area contributed by atoms with Gasteiger partial charge in [-0.2, -0.15) is 0 Å². The maximum atomic E-state index is 12.3. The number of aromatic nitrogens is 4. The summed E-state index contributed by atoms with van der Waals surface area (Å²) in [7, 11) is 3.72. The van der Waals surface area contributed by atoms with E-state index in [1.165, 1.54) is 0 Å². The maximum Gasteiger partial charge on any atom is 0.255 e. The molecule has 23 heavy (non-hydrogen) atoms. The molecule has 3 rings (SSSR count). The van der Waals surface area contributed by atoms with Crippen LogP contribution in [0.1, 0.15) is 27.4 Å². The third-order valence-electron chi connectivity index (χ3n) is 3.48. The first-order chi connectivity index (χ1) is 11.0. The van der Waals surface area contributed by atoms with Gasteiger partial charge in [0.25, 0.3) is 5.91 Å². The normalized spacial score (nSPS) is 11.0. The molecule has 0 aliphatic rings. The van der Waals surface area contributed by atoms with E-state index in [4.69, 9.17) is 0 Å². The molecule has 7 nitrogen and oxygen atoms in total. The van der Waals surface area contributed by atoms with Crippen molar-refractivity contribution in [1.29, 1.82) is 0 Å². The quantitative estimate of drug-likeness (QED) is 0.789. The molecule has 0 aliphatic heterocycles. The molecule has 0 spiro atoms. The molecule has 1 N–H and O–H groups in total. The van der Waals surface area contributed by atoms with Gasteiger partial charge in [-0.05, 0) is 13.8 Å². The lowest BCUT2D eigenvalue weighted by molar-refractivity contribution is 0.0949. The van der Waals surface area contributed by atoms with E-state index in [0.29, 0.717) is 23.8 Å². The first-order valence-corrected chi connectivity index (χ1v) is 8.05. The van der Waals surface area contributed by atoms with Crippen molar-refractivity contribution in [3.63, 3.8) is 0 Å². The molecular formula is C15H18N6OS. The molecule has 0 fully saturated rings. The molecule has 0 saturated heterocycles. The maximum absolute atomic E-state index is 12.3. The Labute approximate surface area is 138 Å². The van der Waals surface area contributed by atoms with E-state index in [-0.39, 0.29) is 5.91 Å². The fourth-order valence-corrected chi connectivity index (χ4v) is 3.05. The molecule has 0 saturated carbocycles. The van der Waals surface area contributed by atoms with Gasteiger partial charge in [-0.15, -0.1) is 11.3 Å². The summed E-state index contributed by atoms with van der Waals surface area (Å²) in [5.41, 5.74) is 3.10. The monoisotopic (exact) mass is 330 g/mol. The van der Waals surface area contributed by atoms with Crippen LogP contribution in [0.2, 0.25) is 0 Å². The summed E-state index contributed by atoms with van der Waals surface area (Å²) in [6.45, 7) is 4.21. The average molecular weight is 330 g/mol. The lowest BCUT2D eigenvalue weighted by atomic mass is 10.2. The lowest BCUT2D eigenvalue weighted by Gasteiger charge is -2.12. The van der Waals surface area contributed by atoms with Crippen molar-refractivity contribution < 1.29 is 4.79 Å². The first-order valence-electron chi connectivity index (χ1n) is 7.17. The number of amides is 1. The molecule has 0 radical (unpaired) electrons. The van der Waals surface area contributed by atoms with Crippen LogP contribution in [0.5, 0.6) is 0 Å². The molecule has 0 aromatic carbocycles. The highest BCUT2D eigenvalue weighted by atomic mass is 32.1. The second-order valence-corrected chi connectivity index (χ2v) is 6.34. The molecule has 3 aromatic heterocycles. The minimum absolute atomic E-state index is 0.194. The number of nitrogens with one attached hydrogen (secondary N) is 1. The number of carbonyl (C=O) groups excluding carboxylic acids is 1. The van der Waals surface area contributed by atoms with Crippen molar-refractivity contribution >= 4 is 28.2 Å². The number of fused-ring (bicyclic) bond motifs is 1. The van der Waals surface area contributed by atoms with Crippen molar-refractivity contribution in [2.75, 3.05) is 19.0 Å². The summed E-state index contributed by atoms with van der Waals surface area (Å²) in [5, 5.41) is 4.92. The summed E-state index contributed by atoms with van der Waals surface area (Å²) in [5.74, 6) is 0.393. The molecule has 0 unspecified atom stereocenters. The van der Waals surface area contributed by atoms with Crippen LogP contribution in [0.3, 0.4) is 0 Å². The second-order valence-electron chi connectivity index (χ2n) is 5.51. The number of thiazole rings is 1. The molecule has 8 heteroatoms. The van der Waals surface area contributed by atoms with Crippen LogP contribution in [0.4, 0.5) is 5.95 Å². The SMILES string of the molecule is Cc1nc(N(C)C)ncc1C(=O)NCc1cn2c(C)csc2n1. The second kappa shape index (κ2) is 5.96. The fourth-order valence-electron chi connectivity index (χ4n) is 2.18. The Balaban J connectivity index is 1.71. The number of hydrogen-bond donors (Lipinski definition) is 1. The number of aryl methyl sites for hydroxylation is 2. The molecule has 120 valence electrons.